The van der Waals surface area contributed by atoms with E-state index in [1.165, 1.54) is 72.8 Å². The van der Waals surface area contributed by atoms with Gasteiger partial charge in [0.1, 0.15) is 36.9 Å². The molecule has 2 aliphatic carbocycles. The number of rotatable bonds is 9. The predicted molar refractivity (Wildman–Crippen MR) is 144 cm³/mol. The molecule has 0 radical (unpaired) electrons. The largest absolute Gasteiger partial charge is 0.491 e. The van der Waals surface area contributed by atoms with Crippen LogP contribution in [0.1, 0.15) is 80.4 Å². The highest BCUT2D eigenvalue weighted by Crippen LogP contribution is 2.43. The predicted octanol–water partition coefficient (Wildman–Crippen LogP) is 7.33. The average molecular weight is 487 g/mol. The molecule has 0 amide bonds. The Morgan fingerprint density at radius 1 is 0.694 bits per heavy atom. The fraction of sp³-hybridized carbons (Fsp3) is 0.500. The second-order valence-electron chi connectivity index (χ2n) is 10.7. The first-order chi connectivity index (χ1) is 17.8. The van der Waals surface area contributed by atoms with Crippen LogP contribution in [0.2, 0.25) is 0 Å². The summed E-state index contributed by atoms with van der Waals surface area (Å²) in [5, 5.41) is 0. The number of hydrogen-bond acceptors (Lipinski definition) is 4. The van der Waals surface area contributed by atoms with Gasteiger partial charge in [-0.3, -0.25) is 0 Å². The van der Waals surface area contributed by atoms with Crippen molar-refractivity contribution in [1.29, 1.82) is 0 Å². The fourth-order valence-electron chi connectivity index (χ4n) is 5.62. The molecule has 2 heterocycles. The molecule has 4 heteroatoms. The molecule has 1 saturated carbocycles. The van der Waals surface area contributed by atoms with E-state index in [2.05, 4.69) is 54.6 Å². The maximum atomic E-state index is 6.53. The molecule has 2 unspecified atom stereocenters. The molecular weight excluding hydrogens is 448 g/mol. The molecule has 2 aromatic carbocycles. The molecule has 4 nitrogen and oxygen atoms in total. The number of allylic oxidation sites excluding steroid dienone is 4. The second kappa shape index (κ2) is 11.2. The van der Waals surface area contributed by atoms with Gasteiger partial charge in [0.2, 0.25) is 0 Å². The topological polar surface area (TPSA) is 43.5 Å². The van der Waals surface area contributed by atoms with E-state index in [1.807, 2.05) is 0 Å². The number of benzene rings is 2. The zero-order valence-corrected chi connectivity index (χ0v) is 21.3. The molecule has 0 bridgehead atoms. The highest BCUT2D eigenvalue weighted by atomic mass is 16.6. The summed E-state index contributed by atoms with van der Waals surface area (Å²) in [6.45, 7) is 2.95. The van der Waals surface area contributed by atoms with Crippen LogP contribution < -0.4 is 9.47 Å². The van der Waals surface area contributed by atoms with E-state index >= 15 is 0 Å². The van der Waals surface area contributed by atoms with Gasteiger partial charge in [-0.25, -0.2) is 0 Å². The van der Waals surface area contributed by atoms with Crippen molar-refractivity contribution in [2.45, 2.75) is 75.9 Å². The highest BCUT2D eigenvalue weighted by Gasteiger charge is 2.27. The van der Waals surface area contributed by atoms with Crippen molar-refractivity contribution in [2.75, 3.05) is 26.4 Å². The zero-order chi connectivity index (χ0) is 24.2. The molecule has 0 N–H and O–H groups in total. The van der Waals surface area contributed by atoms with E-state index in [9.17, 15) is 0 Å². The van der Waals surface area contributed by atoms with Crippen molar-refractivity contribution < 1.29 is 18.9 Å². The minimum atomic E-state index is 0.263. The Hall–Kier alpha value is -2.56. The molecule has 4 aliphatic rings. The van der Waals surface area contributed by atoms with Crippen LogP contribution in [0.3, 0.4) is 0 Å². The lowest BCUT2D eigenvalue weighted by Crippen LogP contribution is -2.11. The van der Waals surface area contributed by atoms with Crippen molar-refractivity contribution in [1.82, 2.24) is 0 Å². The van der Waals surface area contributed by atoms with Crippen LogP contribution in [0.15, 0.2) is 54.6 Å². The lowest BCUT2D eigenvalue weighted by molar-refractivity contribution is 0.258. The summed E-state index contributed by atoms with van der Waals surface area (Å²) in [5.74, 6) is 2.63. The van der Waals surface area contributed by atoms with Crippen LogP contribution in [0.4, 0.5) is 0 Å². The van der Waals surface area contributed by atoms with E-state index in [4.69, 9.17) is 18.9 Å². The van der Waals surface area contributed by atoms with Gasteiger partial charge in [0, 0.05) is 5.56 Å². The van der Waals surface area contributed by atoms with Gasteiger partial charge < -0.3 is 18.9 Å². The Labute approximate surface area is 215 Å². The maximum absolute atomic E-state index is 6.53. The fourth-order valence-corrected chi connectivity index (χ4v) is 5.62. The van der Waals surface area contributed by atoms with E-state index in [1.54, 1.807) is 0 Å². The van der Waals surface area contributed by atoms with Crippen molar-refractivity contribution in [3.63, 3.8) is 0 Å². The van der Waals surface area contributed by atoms with Crippen LogP contribution >= 0.6 is 0 Å². The highest BCUT2D eigenvalue weighted by molar-refractivity contribution is 5.80. The first-order valence-electron chi connectivity index (χ1n) is 14.0. The lowest BCUT2D eigenvalue weighted by atomic mass is 9.83. The van der Waals surface area contributed by atoms with Gasteiger partial charge in [-0.1, -0.05) is 74.6 Å². The summed E-state index contributed by atoms with van der Waals surface area (Å²) < 4.78 is 23.0. The number of ether oxygens (including phenoxy) is 4. The second-order valence-corrected chi connectivity index (χ2v) is 10.7. The van der Waals surface area contributed by atoms with Crippen molar-refractivity contribution >= 4 is 11.1 Å². The SMILES string of the molecule is C1=C(c2ccc(OCC3CO3)cc2)CCC(c2cccc(C3CCCCCCC3)c2OCC2CO2)=C1. The normalized spacial score (nSPS) is 24.2. The smallest absolute Gasteiger partial charge is 0.130 e. The van der Waals surface area contributed by atoms with Crippen molar-refractivity contribution in [3.8, 4) is 11.5 Å². The summed E-state index contributed by atoms with van der Waals surface area (Å²) in [7, 11) is 0. The molecule has 0 aromatic heterocycles. The molecule has 2 aromatic rings. The van der Waals surface area contributed by atoms with Gasteiger partial charge in [-0.2, -0.15) is 0 Å². The third-order valence-electron chi connectivity index (χ3n) is 7.97. The van der Waals surface area contributed by atoms with Gasteiger partial charge >= 0.3 is 0 Å². The molecule has 6 rings (SSSR count). The van der Waals surface area contributed by atoms with Crippen molar-refractivity contribution in [3.05, 3.63) is 71.3 Å². The molecule has 190 valence electrons. The molecule has 2 saturated heterocycles. The molecular formula is C32H38O4. The maximum Gasteiger partial charge on any atom is 0.130 e. The zero-order valence-electron chi connectivity index (χ0n) is 21.3. The van der Waals surface area contributed by atoms with Crippen molar-refractivity contribution in [2.24, 2.45) is 0 Å². The Balaban J connectivity index is 1.22. The Morgan fingerprint density at radius 3 is 2.00 bits per heavy atom. The molecule has 3 fully saturated rings. The lowest BCUT2D eigenvalue weighted by Gasteiger charge is -2.25. The number of epoxide rings is 2. The third-order valence-corrected chi connectivity index (χ3v) is 7.97. The third kappa shape index (κ3) is 6.04. The molecule has 0 spiro atoms. The van der Waals surface area contributed by atoms with Crippen LogP contribution in [0.5, 0.6) is 11.5 Å². The molecule has 36 heavy (non-hydrogen) atoms. The van der Waals surface area contributed by atoms with Gasteiger partial charge in [0.15, 0.2) is 0 Å². The standard InChI is InChI=1S/C32H38O4/c1-2-4-7-25(8-5-3-1)30-9-6-10-31(32(30)36-22-29-21-35-29)26-13-11-23(12-14-26)24-15-17-27(18-16-24)33-19-28-20-34-28/h6,9-11,13,15-18,25,28-29H,1-5,7-8,12,14,19-22H2. The minimum Gasteiger partial charge on any atom is -0.491 e. The van der Waals surface area contributed by atoms with Crippen LogP contribution in [0, 0.1) is 0 Å². The quantitative estimate of drug-likeness (QED) is 0.348. The van der Waals surface area contributed by atoms with Crippen LogP contribution in [0.25, 0.3) is 11.1 Å². The van der Waals surface area contributed by atoms with E-state index in [-0.39, 0.29) is 12.2 Å². The van der Waals surface area contributed by atoms with E-state index < -0.39 is 0 Å². The van der Waals surface area contributed by atoms with Gasteiger partial charge in [-0.05, 0) is 66.0 Å². The van der Waals surface area contributed by atoms with E-state index in [0.29, 0.717) is 19.1 Å². The summed E-state index contributed by atoms with van der Waals surface area (Å²) >= 11 is 0. The van der Waals surface area contributed by atoms with Gasteiger partial charge in [0.25, 0.3) is 0 Å². The van der Waals surface area contributed by atoms with Gasteiger partial charge in [0.05, 0.1) is 13.2 Å². The Kier molecular flexibility index (Phi) is 7.43. The number of para-hydroxylation sites is 1. The van der Waals surface area contributed by atoms with Crippen LogP contribution in [-0.4, -0.2) is 38.6 Å². The van der Waals surface area contributed by atoms with Crippen LogP contribution in [-0.2, 0) is 9.47 Å². The molecule has 2 aliphatic heterocycles. The summed E-state index contributed by atoms with van der Waals surface area (Å²) in [4.78, 5) is 0. The Bertz CT molecular complexity index is 1080. The van der Waals surface area contributed by atoms with E-state index in [0.717, 1.165) is 37.6 Å². The Morgan fingerprint density at radius 2 is 1.33 bits per heavy atom. The summed E-state index contributed by atoms with van der Waals surface area (Å²) in [5.41, 5.74) is 6.71. The minimum absolute atomic E-state index is 0.263. The summed E-state index contributed by atoms with van der Waals surface area (Å²) in [6.07, 6.45) is 16.5. The number of hydrogen-bond donors (Lipinski definition) is 0. The first kappa shape index (κ1) is 23.8. The summed E-state index contributed by atoms with van der Waals surface area (Å²) in [6, 6.07) is 15.3. The van der Waals surface area contributed by atoms with Gasteiger partial charge in [-0.15, -0.1) is 0 Å². The average Bonchev–Trinajstić information content (AvgIpc) is 3.82. The first-order valence-corrected chi connectivity index (χ1v) is 14.0. The molecule has 2 atom stereocenters. The monoisotopic (exact) mass is 486 g/mol.